The van der Waals surface area contributed by atoms with Crippen LogP contribution in [0, 0.1) is 0 Å². The van der Waals surface area contributed by atoms with Gasteiger partial charge in [-0.05, 0) is 35.9 Å². The lowest BCUT2D eigenvalue weighted by Crippen LogP contribution is -2.15. The van der Waals surface area contributed by atoms with E-state index in [0.717, 1.165) is 6.54 Å². The Bertz CT molecular complexity index is 709. The fourth-order valence-corrected chi connectivity index (χ4v) is 3.39. The molecule has 0 aliphatic carbocycles. The highest BCUT2D eigenvalue weighted by atomic mass is 15.0. The van der Waals surface area contributed by atoms with E-state index in [9.17, 15) is 0 Å². The molecule has 0 saturated heterocycles. The third kappa shape index (κ3) is 1.69. The Morgan fingerprint density at radius 3 is 2.58 bits per heavy atom. The van der Waals surface area contributed by atoms with Crippen LogP contribution < -0.4 is 0 Å². The number of aromatic nitrogens is 1. The molecule has 0 saturated carbocycles. The van der Waals surface area contributed by atoms with Crippen LogP contribution in [-0.4, -0.2) is 4.57 Å². The predicted molar refractivity (Wildman–Crippen MR) is 79.5 cm³/mol. The molecule has 0 fully saturated rings. The lowest BCUT2D eigenvalue weighted by Gasteiger charge is -2.25. The number of hydrogen-bond acceptors (Lipinski definition) is 0. The summed E-state index contributed by atoms with van der Waals surface area (Å²) in [5, 5.41) is 1.38. The van der Waals surface area contributed by atoms with Crippen LogP contribution in [0.3, 0.4) is 0 Å². The first-order valence-electron chi connectivity index (χ1n) is 7.06. The second-order valence-electron chi connectivity index (χ2n) is 5.39. The van der Waals surface area contributed by atoms with Crippen molar-refractivity contribution in [2.24, 2.45) is 0 Å². The summed E-state index contributed by atoms with van der Waals surface area (Å²) >= 11 is 0. The van der Waals surface area contributed by atoms with E-state index in [1.165, 1.54) is 35.0 Å². The summed E-state index contributed by atoms with van der Waals surface area (Å²) in [6, 6.07) is 22.0. The summed E-state index contributed by atoms with van der Waals surface area (Å²) in [5.74, 6) is 0.558. The topological polar surface area (TPSA) is 4.93 Å². The zero-order valence-electron chi connectivity index (χ0n) is 10.9. The molecule has 1 heteroatoms. The number of fused-ring (bicyclic) bond motifs is 3. The number of nitrogens with zero attached hydrogens (tertiary/aromatic N) is 1. The Labute approximate surface area is 113 Å². The van der Waals surface area contributed by atoms with Gasteiger partial charge in [0.05, 0.1) is 0 Å². The first-order valence-corrected chi connectivity index (χ1v) is 7.06. The zero-order chi connectivity index (χ0) is 12.7. The van der Waals surface area contributed by atoms with E-state index in [2.05, 4.69) is 65.2 Å². The molecule has 1 unspecified atom stereocenters. The van der Waals surface area contributed by atoms with Crippen LogP contribution in [0.4, 0.5) is 0 Å². The molecule has 1 nitrogen and oxygen atoms in total. The fraction of sp³-hybridized carbons (Fsp3) is 0.222. The largest absolute Gasteiger partial charge is 0.344 e. The van der Waals surface area contributed by atoms with Gasteiger partial charge < -0.3 is 4.57 Å². The SMILES string of the molecule is c1ccc(C2CCCn3c2cc2ccccc23)cc1. The second-order valence-corrected chi connectivity index (χ2v) is 5.39. The monoisotopic (exact) mass is 247 g/mol. The highest BCUT2D eigenvalue weighted by molar-refractivity contribution is 5.81. The molecule has 1 aliphatic heterocycles. The van der Waals surface area contributed by atoms with Crippen molar-refractivity contribution in [1.29, 1.82) is 0 Å². The molecule has 0 spiro atoms. The van der Waals surface area contributed by atoms with Gasteiger partial charge in [-0.25, -0.2) is 0 Å². The van der Waals surface area contributed by atoms with Gasteiger partial charge in [-0.15, -0.1) is 0 Å². The van der Waals surface area contributed by atoms with Crippen LogP contribution in [0.15, 0.2) is 60.7 Å². The van der Waals surface area contributed by atoms with Crippen LogP contribution in [0.2, 0.25) is 0 Å². The van der Waals surface area contributed by atoms with E-state index >= 15 is 0 Å². The average molecular weight is 247 g/mol. The summed E-state index contributed by atoms with van der Waals surface area (Å²) in [6.07, 6.45) is 2.53. The van der Waals surface area contributed by atoms with Gasteiger partial charge in [0.25, 0.3) is 0 Å². The number of rotatable bonds is 1. The summed E-state index contributed by atoms with van der Waals surface area (Å²) in [7, 11) is 0. The third-order valence-corrected chi connectivity index (χ3v) is 4.28. The van der Waals surface area contributed by atoms with Gasteiger partial charge >= 0.3 is 0 Å². The Balaban J connectivity index is 1.91. The van der Waals surface area contributed by atoms with Crippen molar-refractivity contribution in [1.82, 2.24) is 4.57 Å². The average Bonchev–Trinajstić information content (AvgIpc) is 2.87. The summed E-state index contributed by atoms with van der Waals surface area (Å²) in [4.78, 5) is 0. The van der Waals surface area contributed by atoms with Gasteiger partial charge in [0.2, 0.25) is 0 Å². The molecule has 0 N–H and O–H groups in total. The van der Waals surface area contributed by atoms with E-state index in [1.54, 1.807) is 0 Å². The van der Waals surface area contributed by atoms with Crippen molar-refractivity contribution >= 4 is 10.9 Å². The predicted octanol–water partition coefficient (Wildman–Crippen LogP) is 4.57. The zero-order valence-corrected chi connectivity index (χ0v) is 10.9. The number of benzene rings is 2. The van der Waals surface area contributed by atoms with Crippen molar-refractivity contribution < 1.29 is 0 Å². The maximum atomic E-state index is 2.51. The van der Waals surface area contributed by atoms with Crippen molar-refractivity contribution in [2.75, 3.05) is 0 Å². The van der Waals surface area contributed by atoms with E-state index in [-0.39, 0.29) is 0 Å². The van der Waals surface area contributed by atoms with Crippen LogP contribution >= 0.6 is 0 Å². The van der Waals surface area contributed by atoms with Crippen LogP contribution in [0.1, 0.15) is 30.0 Å². The Morgan fingerprint density at radius 2 is 1.68 bits per heavy atom. The quantitative estimate of drug-likeness (QED) is 0.593. The Hall–Kier alpha value is -2.02. The molecule has 1 aliphatic rings. The summed E-state index contributed by atoms with van der Waals surface area (Å²) < 4.78 is 2.51. The normalized spacial score (nSPS) is 18.4. The van der Waals surface area contributed by atoms with Gasteiger partial charge in [0.1, 0.15) is 0 Å². The minimum atomic E-state index is 0.558. The van der Waals surface area contributed by atoms with Gasteiger partial charge in [-0.2, -0.15) is 0 Å². The van der Waals surface area contributed by atoms with Crippen molar-refractivity contribution in [2.45, 2.75) is 25.3 Å². The Morgan fingerprint density at radius 1 is 0.895 bits per heavy atom. The van der Waals surface area contributed by atoms with E-state index in [1.807, 2.05) is 0 Å². The molecule has 1 atom stereocenters. The molecule has 0 radical (unpaired) electrons. The smallest absolute Gasteiger partial charge is 0.0482 e. The maximum Gasteiger partial charge on any atom is 0.0482 e. The van der Waals surface area contributed by atoms with Crippen molar-refractivity contribution in [3.8, 4) is 0 Å². The van der Waals surface area contributed by atoms with Crippen LogP contribution in [-0.2, 0) is 6.54 Å². The van der Waals surface area contributed by atoms with Gasteiger partial charge in [-0.3, -0.25) is 0 Å². The van der Waals surface area contributed by atoms with E-state index in [4.69, 9.17) is 0 Å². The molecule has 2 heterocycles. The molecule has 4 rings (SSSR count). The van der Waals surface area contributed by atoms with Gasteiger partial charge in [-0.1, -0.05) is 48.5 Å². The summed E-state index contributed by atoms with van der Waals surface area (Å²) in [5.41, 5.74) is 4.32. The molecule has 0 bridgehead atoms. The molecule has 19 heavy (non-hydrogen) atoms. The second kappa shape index (κ2) is 4.27. The third-order valence-electron chi connectivity index (χ3n) is 4.28. The first-order chi connectivity index (χ1) is 9.43. The van der Waals surface area contributed by atoms with Crippen LogP contribution in [0.5, 0.6) is 0 Å². The number of hydrogen-bond donors (Lipinski definition) is 0. The molecule has 0 amide bonds. The highest BCUT2D eigenvalue weighted by Crippen LogP contribution is 2.37. The summed E-state index contributed by atoms with van der Waals surface area (Å²) in [6.45, 7) is 1.16. The van der Waals surface area contributed by atoms with Gasteiger partial charge in [0.15, 0.2) is 0 Å². The first kappa shape index (κ1) is 10.9. The standard InChI is InChI=1S/C18H17N/c1-2-7-14(8-3-1)16-10-6-12-19-17-11-5-4-9-15(17)13-18(16)19/h1-5,7-9,11,13,16H,6,10,12H2. The van der Waals surface area contributed by atoms with E-state index < -0.39 is 0 Å². The van der Waals surface area contributed by atoms with Gasteiger partial charge in [0, 0.05) is 23.7 Å². The minimum Gasteiger partial charge on any atom is -0.344 e. The highest BCUT2D eigenvalue weighted by Gasteiger charge is 2.23. The fourth-order valence-electron chi connectivity index (χ4n) is 3.39. The minimum absolute atomic E-state index is 0.558. The number of para-hydroxylation sites is 1. The Kier molecular flexibility index (Phi) is 2.44. The lowest BCUT2D eigenvalue weighted by atomic mass is 9.89. The molecule has 3 aromatic rings. The van der Waals surface area contributed by atoms with Crippen molar-refractivity contribution in [3.63, 3.8) is 0 Å². The molecular weight excluding hydrogens is 230 g/mol. The molecule has 2 aromatic carbocycles. The molecular formula is C18H17N. The molecule has 1 aromatic heterocycles. The number of aryl methyl sites for hydroxylation is 1. The van der Waals surface area contributed by atoms with E-state index in [0.29, 0.717) is 5.92 Å². The van der Waals surface area contributed by atoms with Crippen molar-refractivity contribution in [3.05, 3.63) is 71.9 Å². The molecule has 94 valence electrons. The van der Waals surface area contributed by atoms with Crippen LogP contribution in [0.25, 0.3) is 10.9 Å². The maximum absolute atomic E-state index is 2.51. The lowest BCUT2D eigenvalue weighted by molar-refractivity contribution is 0.501.